The molecule has 0 bridgehead atoms. The van der Waals surface area contributed by atoms with E-state index in [9.17, 15) is 13.2 Å². The Labute approximate surface area is 249 Å². The van der Waals surface area contributed by atoms with E-state index in [1.54, 1.807) is 23.0 Å². The number of aryl methyl sites for hydroxylation is 1. The number of alkyl halides is 3. The molecule has 0 saturated heterocycles. The molecule has 0 amide bonds. The number of imidazole rings is 2. The van der Waals surface area contributed by atoms with Crippen molar-refractivity contribution in [3.8, 4) is 17.2 Å². The van der Waals surface area contributed by atoms with Crippen LogP contribution in [-0.2, 0) is 19.8 Å². The Bertz CT molecular complexity index is 1940. The van der Waals surface area contributed by atoms with Gasteiger partial charge in [0.15, 0.2) is 28.5 Å². The first-order valence-corrected chi connectivity index (χ1v) is 13.3. The summed E-state index contributed by atoms with van der Waals surface area (Å²) < 4.78 is 59.4. The Kier molecular flexibility index (Phi) is 7.33. The summed E-state index contributed by atoms with van der Waals surface area (Å²) in [7, 11) is 6.43. The second-order valence-electron chi connectivity index (χ2n) is 9.78. The second kappa shape index (κ2) is 11.3. The van der Waals surface area contributed by atoms with Gasteiger partial charge in [0.05, 0.1) is 50.8 Å². The fourth-order valence-corrected chi connectivity index (χ4v) is 4.85. The number of para-hydroxylation sites is 2. The number of nitrogens with zero attached hydrogens (tertiary/aromatic N) is 6. The lowest BCUT2D eigenvalue weighted by Crippen LogP contribution is -2.08. The van der Waals surface area contributed by atoms with Crippen LogP contribution >= 0.6 is 0 Å². The van der Waals surface area contributed by atoms with Gasteiger partial charge < -0.3 is 28.7 Å². The van der Waals surface area contributed by atoms with Gasteiger partial charge in [-0.15, -0.1) is 0 Å². The van der Waals surface area contributed by atoms with E-state index in [0.717, 1.165) is 23.2 Å². The number of fused-ring (bicyclic) bond motifs is 2. The van der Waals surface area contributed by atoms with E-state index in [1.807, 2.05) is 35.9 Å². The Hall–Kier alpha value is -5.53. The second-order valence-corrected chi connectivity index (χ2v) is 9.78. The molecular weight excluding hydrogens is 577 g/mol. The highest BCUT2D eigenvalue weighted by Crippen LogP contribution is 2.41. The van der Waals surface area contributed by atoms with Crippen LogP contribution in [-0.4, -0.2) is 50.4 Å². The third-order valence-corrected chi connectivity index (χ3v) is 7.04. The summed E-state index contributed by atoms with van der Waals surface area (Å²) in [6, 6.07) is 16.1. The molecule has 0 atom stereocenters. The molecule has 0 spiro atoms. The largest absolute Gasteiger partial charge is 0.493 e. The van der Waals surface area contributed by atoms with Crippen LogP contribution < -0.4 is 24.8 Å². The Morgan fingerprint density at radius 1 is 0.841 bits per heavy atom. The van der Waals surface area contributed by atoms with E-state index >= 15 is 0 Å². The number of nitrogens with one attached hydrogen (secondary N) is 2. The van der Waals surface area contributed by atoms with Gasteiger partial charge in [0.2, 0.25) is 17.6 Å². The highest BCUT2D eigenvalue weighted by Gasteiger charge is 2.30. The zero-order valence-electron chi connectivity index (χ0n) is 24.1. The molecule has 3 aromatic carbocycles. The third kappa shape index (κ3) is 5.37. The zero-order chi connectivity index (χ0) is 31.0. The minimum absolute atomic E-state index is 0.222. The van der Waals surface area contributed by atoms with Crippen LogP contribution in [0.1, 0.15) is 11.1 Å². The molecule has 0 radical (unpaired) electrons. The first-order valence-electron chi connectivity index (χ1n) is 13.3. The fraction of sp³-hybridized carbons (Fsp3) is 0.200. The van der Waals surface area contributed by atoms with Crippen molar-refractivity contribution in [1.29, 1.82) is 0 Å². The number of anilines is 4. The van der Waals surface area contributed by atoms with Gasteiger partial charge in [-0.1, -0.05) is 24.3 Å². The predicted octanol–water partition coefficient (Wildman–Crippen LogP) is 6.29. The van der Waals surface area contributed by atoms with Crippen LogP contribution in [0, 0.1) is 0 Å². The number of methoxy groups -OCH3 is 3. The van der Waals surface area contributed by atoms with E-state index in [-0.39, 0.29) is 12.5 Å². The average Bonchev–Trinajstić information content (AvgIpc) is 3.56. The third-order valence-electron chi connectivity index (χ3n) is 7.04. The highest BCUT2D eigenvalue weighted by molar-refractivity contribution is 5.88. The maximum absolute atomic E-state index is 13.1. The van der Waals surface area contributed by atoms with Gasteiger partial charge in [-0.05, 0) is 29.8 Å². The van der Waals surface area contributed by atoms with Gasteiger partial charge in [-0.2, -0.15) is 23.1 Å². The zero-order valence-corrected chi connectivity index (χ0v) is 24.1. The molecule has 0 fully saturated rings. The average molecular weight is 605 g/mol. The number of aromatic nitrogens is 6. The first-order chi connectivity index (χ1) is 21.2. The summed E-state index contributed by atoms with van der Waals surface area (Å²) in [5.41, 5.74) is 3.08. The standard InChI is InChI=1S/C30H27F3N8O3/c1-40-21-8-6-5-7-20(21)36-29(40)39-28-37-26(35-19-13-22(42-2)25(44-4)23(14-19)43-3)24-27(38-28)41(16-34-24)15-17-9-11-18(12-10-17)30(31,32)33/h5-14,16H,15H2,1-4H3,(H2,35,36,37,38,39). The van der Waals surface area contributed by atoms with Gasteiger partial charge in [-0.3, -0.25) is 5.32 Å². The topological polar surface area (TPSA) is 113 Å². The quantitative estimate of drug-likeness (QED) is 0.197. The van der Waals surface area contributed by atoms with Gasteiger partial charge in [0.1, 0.15) is 0 Å². The molecule has 0 aliphatic carbocycles. The highest BCUT2D eigenvalue weighted by atomic mass is 19.4. The molecule has 44 heavy (non-hydrogen) atoms. The predicted molar refractivity (Wildman–Crippen MR) is 159 cm³/mol. The van der Waals surface area contributed by atoms with E-state index in [0.29, 0.717) is 51.4 Å². The molecule has 6 rings (SSSR count). The molecule has 0 aliphatic rings. The van der Waals surface area contributed by atoms with Crippen LogP contribution in [0.25, 0.3) is 22.2 Å². The Balaban J connectivity index is 1.43. The summed E-state index contributed by atoms with van der Waals surface area (Å²) in [6.45, 7) is 0.223. The molecule has 2 N–H and O–H groups in total. The van der Waals surface area contributed by atoms with E-state index in [2.05, 4.69) is 20.6 Å². The summed E-state index contributed by atoms with van der Waals surface area (Å²) in [4.78, 5) is 18.7. The van der Waals surface area contributed by atoms with E-state index in [1.165, 1.54) is 33.5 Å². The lowest BCUT2D eigenvalue weighted by atomic mass is 10.1. The molecule has 11 nitrogen and oxygen atoms in total. The molecule has 226 valence electrons. The van der Waals surface area contributed by atoms with Crippen LogP contribution in [0.15, 0.2) is 67.0 Å². The SMILES string of the molecule is COc1cc(Nc2nc(Nc3nc4ccccc4n3C)nc3c2ncn3Cc2ccc(C(F)(F)F)cc2)cc(OC)c1OC. The lowest BCUT2D eigenvalue weighted by molar-refractivity contribution is -0.137. The molecular formula is C30H27F3N8O3. The fourth-order valence-electron chi connectivity index (χ4n) is 4.85. The van der Waals surface area contributed by atoms with Gasteiger partial charge >= 0.3 is 6.18 Å². The van der Waals surface area contributed by atoms with Crippen molar-refractivity contribution in [2.75, 3.05) is 32.0 Å². The number of halogens is 3. The number of hydrogen-bond donors (Lipinski definition) is 2. The molecule has 3 heterocycles. The maximum atomic E-state index is 13.1. The normalized spacial score (nSPS) is 11.6. The van der Waals surface area contributed by atoms with Gasteiger partial charge in [0, 0.05) is 24.9 Å². The Morgan fingerprint density at radius 3 is 2.18 bits per heavy atom. The monoisotopic (exact) mass is 604 g/mol. The maximum Gasteiger partial charge on any atom is 0.416 e. The van der Waals surface area contributed by atoms with E-state index < -0.39 is 11.7 Å². The number of benzene rings is 3. The first kappa shape index (κ1) is 28.6. The Morgan fingerprint density at radius 2 is 1.55 bits per heavy atom. The van der Waals surface area contributed by atoms with Crippen molar-refractivity contribution in [2.24, 2.45) is 7.05 Å². The molecule has 0 unspecified atom stereocenters. The molecule has 14 heteroatoms. The van der Waals surface area contributed by atoms with Gasteiger partial charge in [0.25, 0.3) is 0 Å². The molecule has 0 saturated carbocycles. The lowest BCUT2D eigenvalue weighted by Gasteiger charge is -2.15. The summed E-state index contributed by atoms with van der Waals surface area (Å²) in [5, 5.41) is 6.48. The van der Waals surface area contributed by atoms with Crippen molar-refractivity contribution < 1.29 is 27.4 Å². The number of ether oxygens (including phenoxy) is 3. The van der Waals surface area contributed by atoms with E-state index in [4.69, 9.17) is 24.2 Å². The number of hydrogen-bond acceptors (Lipinski definition) is 9. The van der Waals surface area contributed by atoms with Crippen LogP contribution in [0.3, 0.4) is 0 Å². The smallest absolute Gasteiger partial charge is 0.416 e. The molecule has 0 aliphatic heterocycles. The molecule has 3 aromatic heterocycles. The van der Waals surface area contributed by atoms with Crippen molar-refractivity contribution in [2.45, 2.75) is 12.7 Å². The van der Waals surface area contributed by atoms with Crippen molar-refractivity contribution in [1.82, 2.24) is 29.1 Å². The summed E-state index contributed by atoms with van der Waals surface area (Å²) in [6.07, 6.45) is -2.85. The number of rotatable bonds is 9. The summed E-state index contributed by atoms with van der Waals surface area (Å²) >= 11 is 0. The van der Waals surface area contributed by atoms with Crippen molar-refractivity contribution >= 4 is 45.6 Å². The van der Waals surface area contributed by atoms with Crippen molar-refractivity contribution in [3.05, 3.63) is 78.1 Å². The molecule has 6 aromatic rings. The van der Waals surface area contributed by atoms with Gasteiger partial charge in [-0.25, -0.2) is 9.97 Å². The van der Waals surface area contributed by atoms with Crippen LogP contribution in [0.5, 0.6) is 17.2 Å². The van der Waals surface area contributed by atoms with Crippen LogP contribution in [0.4, 0.5) is 36.6 Å². The summed E-state index contributed by atoms with van der Waals surface area (Å²) in [5.74, 6) is 2.39. The minimum Gasteiger partial charge on any atom is -0.493 e. The van der Waals surface area contributed by atoms with Crippen LogP contribution in [0.2, 0.25) is 0 Å². The van der Waals surface area contributed by atoms with Crippen molar-refractivity contribution in [3.63, 3.8) is 0 Å². The minimum atomic E-state index is -4.42.